The molecule has 0 amide bonds. The summed E-state index contributed by atoms with van der Waals surface area (Å²) in [5.41, 5.74) is 4.87. The van der Waals surface area contributed by atoms with Crippen molar-refractivity contribution in [1.82, 2.24) is 9.55 Å². The Balaban J connectivity index is 0.000000480. The highest BCUT2D eigenvalue weighted by molar-refractivity contribution is 5.73. The largest absolute Gasteiger partial charge is 0.508 e. The van der Waals surface area contributed by atoms with Gasteiger partial charge < -0.3 is 29.8 Å². The van der Waals surface area contributed by atoms with E-state index >= 15 is 0 Å². The Morgan fingerprint density at radius 1 is 1.46 bits per heavy atom. The Kier molecular flexibility index (Phi) is 8.18. The second-order valence-electron chi connectivity index (χ2n) is 5.43. The van der Waals surface area contributed by atoms with E-state index in [2.05, 4.69) is 4.98 Å². The smallest absolute Gasteiger partial charge is 0.475 e. The number of carboxylic acids is 1. The number of carbonyl (C=O) groups is 2. The number of nitrogens with zero attached hydrogens (tertiary/aromatic N) is 2. The van der Waals surface area contributed by atoms with E-state index in [1.807, 2.05) is 0 Å². The predicted molar refractivity (Wildman–Crippen MR) is 84.0 cm³/mol. The molecule has 0 bridgehead atoms. The van der Waals surface area contributed by atoms with Crippen LogP contribution in [-0.2, 0) is 23.7 Å². The summed E-state index contributed by atoms with van der Waals surface area (Å²) < 4.78 is 53.4. The number of hydrogen-bond donors (Lipinski definition) is 2. The molecule has 1 aliphatic rings. The van der Waals surface area contributed by atoms with Crippen molar-refractivity contribution in [1.29, 1.82) is 0 Å². The lowest BCUT2D eigenvalue weighted by atomic mass is 10.5. The number of carbonyl (C=O) groups excluding carboxylic acids is 1. The van der Waals surface area contributed by atoms with E-state index in [1.54, 1.807) is 13.8 Å². The van der Waals surface area contributed by atoms with Crippen LogP contribution in [0.4, 0.5) is 23.8 Å². The van der Waals surface area contributed by atoms with Crippen molar-refractivity contribution in [2.75, 3.05) is 18.9 Å². The molecule has 1 fully saturated rings. The second-order valence-corrected chi connectivity index (χ2v) is 5.43. The van der Waals surface area contributed by atoms with Crippen molar-refractivity contribution in [3.8, 4) is 0 Å². The van der Waals surface area contributed by atoms with Crippen LogP contribution in [0.1, 0.15) is 20.1 Å². The van der Waals surface area contributed by atoms with Gasteiger partial charge in [-0.3, -0.25) is 4.57 Å². The molecule has 2 atom stereocenters. The SMILES string of the molecule is CC(C)OC(=O)OCC1OCC(n2ccc(N)nc2=O)O1.O=C(O)C(F)(F)F. The van der Waals surface area contributed by atoms with Crippen LogP contribution < -0.4 is 11.4 Å². The van der Waals surface area contributed by atoms with Crippen molar-refractivity contribution in [2.45, 2.75) is 38.6 Å². The van der Waals surface area contributed by atoms with Gasteiger partial charge in [0.05, 0.1) is 12.7 Å². The van der Waals surface area contributed by atoms with Crippen LogP contribution in [-0.4, -0.2) is 58.6 Å². The van der Waals surface area contributed by atoms with Crippen LogP contribution in [0.25, 0.3) is 0 Å². The van der Waals surface area contributed by atoms with Gasteiger partial charge in [-0.05, 0) is 19.9 Å². The number of aromatic nitrogens is 2. The first-order valence-corrected chi connectivity index (χ1v) is 7.65. The van der Waals surface area contributed by atoms with Gasteiger partial charge in [0.25, 0.3) is 0 Å². The van der Waals surface area contributed by atoms with E-state index in [9.17, 15) is 22.8 Å². The molecule has 3 N–H and O–H groups in total. The zero-order valence-corrected chi connectivity index (χ0v) is 14.7. The number of aliphatic carboxylic acids is 1. The first-order chi connectivity index (χ1) is 12.9. The van der Waals surface area contributed by atoms with E-state index in [1.165, 1.54) is 16.8 Å². The number of carboxylic acid groups (broad SMARTS) is 1. The molecule has 11 nitrogen and oxygen atoms in total. The Bertz CT molecular complexity index is 737. The summed E-state index contributed by atoms with van der Waals surface area (Å²) in [7, 11) is 0. The van der Waals surface area contributed by atoms with E-state index in [4.69, 9.17) is 34.6 Å². The predicted octanol–water partition coefficient (Wildman–Crippen LogP) is 0.892. The number of halogens is 3. The number of rotatable bonds is 4. The van der Waals surface area contributed by atoms with Crippen molar-refractivity contribution in [2.24, 2.45) is 0 Å². The second kappa shape index (κ2) is 9.89. The molecule has 0 saturated carbocycles. The third-order valence-electron chi connectivity index (χ3n) is 2.81. The topological polar surface area (TPSA) is 152 Å². The van der Waals surface area contributed by atoms with Gasteiger partial charge in [-0.2, -0.15) is 18.2 Å². The number of alkyl halides is 3. The van der Waals surface area contributed by atoms with Crippen LogP contribution in [0.2, 0.25) is 0 Å². The molecule has 1 saturated heterocycles. The van der Waals surface area contributed by atoms with Gasteiger partial charge in [0.1, 0.15) is 12.4 Å². The molecule has 1 aromatic rings. The average Bonchev–Trinajstić information content (AvgIpc) is 3.00. The molecule has 0 spiro atoms. The quantitative estimate of drug-likeness (QED) is 0.681. The fraction of sp³-hybridized carbons (Fsp3) is 0.571. The molecule has 0 aliphatic carbocycles. The summed E-state index contributed by atoms with van der Waals surface area (Å²) in [5, 5.41) is 7.12. The number of ether oxygens (including phenoxy) is 4. The molecule has 2 heterocycles. The zero-order valence-electron chi connectivity index (χ0n) is 14.7. The van der Waals surface area contributed by atoms with E-state index < -0.39 is 36.5 Å². The molecule has 28 heavy (non-hydrogen) atoms. The molecular weight excluding hydrogens is 395 g/mol. The molecular formula is C14H18F3N3O8. The summed E-state index contributed by atoms with van der Waals surface area (Å²) in [5.74, 6) is -2.63. The van der Waals surface area contributed by atoms with Crippen molar-refractivity contribution >= 4 is 17.9 Å². The van der Waals surface area contributed by atoms with Crippen LogP contribution in [0, 0.1) is 0 Å². The highest BCUT2D eigenvalue weighted by Crippen LogP contribution is 2.19. The van der Waals surface area contributed by atoms with E-state index in [-0.39, 0.29) is 25.1 Å². The minimum absolute atomic E-state index is 0.126. The Labute approximate surface area is 155 Å². The van der Waals surface area contributed by atoms with E-state index in [0.717, 1.165) is 0 Å². The molecule has 2 unspecified atom stereocenters. The zero-order chi connectivity index (χ0) is 21.5. The number of anilines is 1. The lowest BCUT2D eigenvalue weighted by Gasteiger charge is -2.14. The van der Waals surface area contributed by atoms with Gasteiger partial charge in [0, 0.05) is 6.20 Å². The standard InChI is InChI=1S/C12H17N3O6.C2HF3O2/c1-7(2)20-12(17)19-6-10-18-5-9(21-10)15-4-3-8(13)14-11(15)16;3-2(4,5)1(6)7/h3-4,7,9-10H,5-6H2,1-2H3,(H2,13,14,16);(H,6,7). The highest BCUT2D eigenvalue weighted by Gasteiger charge is 2.38. The summed E-state index contributed by atoms with van der Waals surface area (Å²) >= 11 is 0. The van der Waals surface area contributed by atoms with Crippen LogP contribution in [0.3, 0.4) is 0 Å². The monoisotopic (exact) mass is 413 g/mol. The molecule has 158 valence electrons. The number of nitrogen functional groups attached to an aromatic ring is 1. The minimum Gasteiger partial charge on any atom is -0.475 e. The molecule has 2 rings (SSSR count). The molecule has 0 aromatic carbocycles. The maximum absolute atomic E-state index is 11.7. The van der Waals surface area contributed by atoms with Gasteiger partial charge in [-0.25, -0.2) is 14.4 Å². The third kappa shape index (κ3) is 7.79. The highest BCUT2D eigenvalue weighted by atomic mass is 19.4. The Morgan fingerprint density at radius 2 is 2.07 bits per heavy atom. The van der Waals surface area contributed by atoms with Gasteiger partial charge in [0.15, 0.2) is 12.5 Å². The fourth-order valence-electron chi connectivity index (χ4n) is 1.68. The van der Waals surface area contributed by atoms with Crippen molar-refractivity contribution in [3.63, 3.8) is 0 Å². The van der Waals surface area contributed by atoms with Gasteiger partial charge in [-0.1, -0.05) is 0 Å². The molecule has 1 aliphatic heterocycles. The van der Waals surface area contributed by atoms with Crippen LogP contribution >= 0.6 is 0 Å². The average molecular weight is 413 g/mol. The normalized spacial score (nSPS) is 18.9. The van der Waals surface area contributed by atoms with Crippen molar-refractivity contribution in [3.05, 3.63) is 22.7 Å². The first-order valence-electron chi connectivity index (χ1n) is 7.65. The fourth-order valence-corrected chi connectivity index (χ4v) is 1.68. The van der Waals surface area contributed by atoms with Gasteiger partial charge >= 0.3 is 24.0 Å². The van der Waals surface area contributed by atoms with Crippen molar-refractivity contribution < 1.29 is 46.8 Å². The lowest BCUT2D eigenvalue weighted by Crippen LogP contribution is -2.29. The Hall–Kier alpha value is -2.87. The summed E-state index contributed by atoms with van der Waals surface area (Å²) in [6.07, 6.45) is -6.09. The molecule has 14 heteroatoms. The van der Waals surface area contributed by atoms with Crippen LogP contribution in [0.5, 0.6) is 0 Å². The maximum atomic E-state index is 11.7. The van der Waals surface area contributed by atoms with E-state index in [0.29, 0.717) is 0 Å². The maximum Gasteiger partial charge on any atom is 0.508 e. The summed E-state index contributed by atoms with van der Waals surface area (Å²) in [6.45, 7) is 3.43. The molecule has 0 radical (unpaired) electrons. The number of hydrogen-bond acceptors (Lipinski definition) is 9. The van der Waals surface area contributed by atoms with Gasteiger partial charge in [-0.15, -0.1) is 0 Å². The molecule has 1 aromatic heterocycles. The Morgan fingerprint density at radius 3 is 2.57 bits per heavy atom. The number of nitrogens with two attached hydrogens (primary N) is 1. The lowest BCUT2D eigenvalue weighted by molar-refractivity contribution is -0.192. The van der Waals surface area contributed by atoms with Gasteiger partial charge in [0.2, 0.25) is 0 Å². The van der Waals surface area contributed by atoms with Crippen LogP contribution in [0.15, 0.2) is 17.1 Å². The minimum atomic E-state index is -5.08. The third-order valence-corrected chi connectivity index (χ3v) is 2.81. The summed E-state index contributed by atoms with van der Waals surface area (Å²) in [6, 6.07) is 1.48. The summed E-state index contributed by atoms with van der Waals surface area (Å²) in [4.78, 5) is 35.4. The first kappa shape index (κ1) is 23.2.